The SMILES string of the molecule is CC(C)(C)OC(=O)NCCOc1noc2ncccc12. The zero-order valence-electron chi connectivity index (χ0n) is 11.7. The minimum atomic E-state index is -0.515. The van der Waals surface area contributed by atoms with Crippen LogP contribution in [0.1, 0.15) is 20.8 Å². The number of amides is 1. The monoisotopic (exact) mass is 279 g/mol. The van der Waals surface area contributed by atoms with Crippen molar-refractivity contribution in [1.29, 1.82) is 0 Å². The lowest BCUT2D eigenvalue weighted by atomic mass is 10.2. The van der Waals surface area contributed by atoms with E-state index < -0.39 is 11.7 Å². The number of pyridine rings is 1. The first-order valence-electron chi connectivity index (χ1n) is 6.26. The van der Waals surface area contributed by atoms with Gasteiger partial charge in [-0.05, 0) is 38.1 Å². The van der Waals surface area contributed by atoms with Crippen LogP contribution in [0.25, 0.3) is 11.1 Å². The molecule has 1 amide bonds. The molecular weight excluding hydrogens is 262 g/mol. The van der Waals surface area contributed by atoms with E-state index >= 15 is 0 Å². The number of fused-ring (bicyclic) bond motifs is 1. The van der Waals surface area contributed by atoms with Crippen molar-refractivity contribution < 1.29 is 18.8 Å². The van der Waals surface area contributed by atoms with Gasteiger partial charge in [0.15, 0.2) is 0 Å². The molecule has 0 spiro atoms. The van der Waals surface area contributed by atoms with Crippen LogP contribution in [-0.2, 0) is 4.74 Å². The average molecular weight is 279 g/mol. The van der Waals surface area contributed by atoms with Crippen LogP contribution in [0.4, 0.5) is 4.79 Å². The van der Waals surface area contributed by atoms with E-state index in [0.29, 0.717) is 23.5 Å². The summed E-state index contributed by atoms with van der Waals surface area (Å²) in [4.78, 5) is 15.4. The Balaban J connectivity index is 1.78. The van der Waals surface area contributed by atoms with Crippen molar-refractivity contribution in [3.8, 4) is 5.88 Å². The molecule has 2 heterocycles. The molecule has 7 nitrogen and oxygen atoms in total. The van der Waals surface area contributed by atoms with Crippen molar-refractivity contribution in [2.24, 2.45) is 0 Å². The number of hydrogen-bond acceptors (Lipinski definition) is 6. The summed E-state index contributed by atoms with van der Waals surface area (Å²) in [6, 6.07) is 3.57. The van der Waals surface area contributed by atoms with Gasteiger partial charge in [-0.3, -0.25) is 0 Å². The van der Waals surface area contributed by atoms with Crippen LogP contribution in [0, 0.1) is 0 Å². The molecule has 108 valence electrons. The Kier molecular flexibility index (Phi) is 4.07. The number of ether oxygens (including phenoxy) is 2. The Morgan fingerprint density at radius 2 is 2.25 bits per heavy atom. The highest BCUT2D eigenvalue weighted by atomic mass is 16.6. The molecule has 0 saturated carbocycles. The molecule has 2 aromatic rings. The molecule has 0 aliphatic carbocycles. The van der Waals surface area contributed by atoms with Crippen LogP contribution in [0.5, 0.6) is 5.88 Å². The molecule has 0 unspecified atom stereocenters. The standard InChI is InChI=1S/C13H17N3O4/c1-13(2,3)19-12(17)15-7-8-18-11-9-5-4-6-14-10(9)20-16-11/h4-6H,7-8H2,1-3H3,(H,15,17). The number of carbonyl (C=O) groups is 1. The second-order valence-electron chi connectivity index (χ2n) is 5.12. The predicted molar refractivity (Wildman–Crippen MR) is 71.5 cm³/mol. The average Bonchev–Trinajstić information content (AvgIpc) is 2.76. The van der Waals surface area contributed by atoms with Gasteiger partial charge in [0, 0.05) is 6.20 Å². The summed E-state index contributed by atoms with van der Waals surface area (Å²) in [5.74, 6) is 0.360. The van der Waals surface area contributed by atoms with Gasteiger partial charge in [0.2, 0.25) is 0 Å². The topological polar surface area (TPSA) is 86.5 Å². The van der Waals surface area contributed by atoms with Gasteiger partial charge >= 0.3 is 6.09 Å². The quantitative estimate of drug-likeness (QED) is 0.863. The molecule has 0 aliphatic rings. The molecule has 2 rings (SSSR count). The van der Waals surface area contributed by atoms with E-state index in [0.717, 1.165) is 0 Å². The fourth-order valence-corrected chi connectivity index (χ4v) is 1.48. The minimum Gasteiger partial charge on any atom is -0.473 e. The molecule has 20 heavy (non-hydrogen) atoms. The maximum Gasteiger partial charge on any atom is 0.407 e. The molecule has 0 aliphatic heterocycles. The number of hydrogen-bond donors (Lipinski definition) is 1. The summed E-state index contributed by atoms with van der Waals surface area (Å²) < 4.78 is 15.5. The lowest BCUT2D eigenvalue weighted by Gasteiger charge is -2.19. The highest BCUT2D eigenvalue weighted by molar-refractivity contribution is 5.78. The maximum absolute atomic E-state index is 11.4. The second-order valence-corrected chi connectivity index (χ2v) is 5.12. The van der Waals surface area contributed by atoms with E-state index in [1.54, 1.807) is 39.1 Å². The van der Waals surface area contributed by atoms with Gasteiger partial charge in [0.1, 0.15) is 17.6 Å². The van der Waals surface area contributed by atoms with Crippen LogP contribution in [0.2, 0.25) is 0 Å². The molecule has 0 saturated heterocycles. The molecule has 0 fully saturated rings. The maximum atomic E-state index is 11.4. The first kappa shape index (κ1) is 14.1. The largest absolute Gasteiger partial charge is 0.473 e. The first-order valence-corrected chi connectivity index (χ1v) is 6.26. The summed E-state index contributed by atoms with van der Waals surface area (Å²) in [6.45, 7) is 5.98. The summed E-state index contributed by atoms with van der Waals surface area (Å²) >= 11 is 0. The zero-order valence-corrected chi connectivity index (χ0v) is 11.7. The van der Waals surface area contributed by atoms with Gasteiger partial charge in [-0.1, -0.05) is 0 Å². The van der Waals surface area contributed by atoms with Crippen molar-refractivity contribution in [2.45, 2.75) is 26.4 Å². The number of carbonyl (C=O) groups excluding carboxylic acids is 1. The van der Waals surface area contributed by atoms with Gasteiger partial charge < -0.3 is 19.3 Å². The van der Waals surface area contributed by atoms with Gasteiger partial charge in [-0.25, -0.2) is 9.78 Å². The number of nitrogens with zero attached hydrogens (tertiary/aromatic N) is 2. The number of aromatic nitrogens is 2. The molecule has 0 radical (unpaired) electrons. The fourth-order valence-electron chi connectivity index (χ4n) is 1.48. The normalized spacial score (nSPS) is 11.3. The Bertz CT molecular complexity index is 589. The van der Waals surface area contributed by atoms with Crippen molar-refractivity contribution in [3.05, 3.63) is 18.3 Å². The minimum absolute atomic E-state index is 0.260. The third kappa shape index (κ3) is 3.84. The van der Waals surface area contributed by atoms with Crippen LogP contribution in [0.3, 0.4) is 0 Å². The molecule has 0 bridgehead atoms. The summed E-state index contributed by atoms with van der Waals surface area (Å²) in [7, 11) is 0. The van der Waals surface area contributed by atoms with Gasteiger partial charge in [0.25, 0.3) is 11.6 Å². The van der Waals surface area contributed by atoms with E-state index in [4.69, 9.17) is 14.0 Å². The Morgan fingerprint density at radius 3 is 3.00 bits per heavy atom. The van der Waals surface area contributed by atoms with Gasteiger partial charge in [-0.15, -0.1) is 0 Å². The highest BCUT2D eigenvalue weighted by Crippen LogP contribution is 2.21. The van der Waals surface area contributed by atoms with E-state index in [1.807, 2.05) is 0 Å². The van der Waals surface area contributed by atoms with E-state index in [9.17, 15) is 4.79 Å². The smallest absolute Gasteiger partial charge is 0.407 e. The third-order valence-corrected chi connectivity index (χ3v) is 2.23. The number of nitrogens with one attached hydrogen (secondary N) is 1. The predicted octanol–water partition coefficient (Wildman–Crippen LogP) is 2.13. The molecule has 7 heteroatoms. The second kappa shape index (κ2) is 5.77. The number of alkyl carbamates (subject to hydrolysis) is 1. The lowest BCUT2D eigenvalue weighted by molar-refractivity contribution is 0.0520. The van der Waals surface area contributed by atoms with Crippen LogP contribution in [0.15, 0.2) is 22.9 Å². The molecule has 0 atom stereocenters. The van der Waals surface area contributed by atoms with Crippen LogP contribution >= 0.6 is 0 Å². The van der Waals surface area contributed by atoms with Crippen molar-refractivity contribution in [3.63, 3.8) is 0 Å². The van der Waals surface area contributed by atoms with Crippen molar-refractivity contribution in [1.82, 2.24) is 15.5 Å². The molecule has 1 N–H and O–H groups in total. The summed E-state index contributed by atoms with van der Waals surface area (Å²) in [5, 5.41) is 7.06. The lowest BCUT2D eigenvalue weighted by Crippen LogP contribution is -2.34. The van der Waals surface area contributed by atoms with Gasteiger partial charge in [0.05, 0.1) is 6.54 Å². The summed E-state index contributed by atoms with van der Waals surface area (Å²) in [5.41, 5.74) is -0.0959. The Hall–Kier alpha value is -2.31. The number of rotatable bonds is 4. The Labute approximate surface area is 116 Å². The van der Waals surface area contributed by atoms with E-state index in [-0.39, 0.29) is 6.61 Å². The summed E-state index contributed by atoms with van der Waals surface area (Å²) in [6.07, 6.45) is 1.13. The molecule has 2 aromatic heterocycles. The Morgan fingerprint density at radius 1 is 1.45 bits per heavy atom. The van der Waals surface area contributed by atoms with Crippen LogP contribution in [-0.4, -0.2) is 35.0 Å². The fraction of sp³-hybridized carbons (Fsp3) is 0.462. The van der Waals surface area contributed by atoms with Crippen molar-refractivity contribution >= 4 is 17.2 Å². The van der Waals surface area contributed by atoms with Crippen molar-refractivity contribution in [2.75, 3.05) is 13.2 Å². The molecule has 0 aromatic carbocycles. The highest BCUT2D eigenvalue weighted by Gasteiger charge is 2.15. The molecular formula is C13H17N3O4. The zero-order chi connectivity index (χ0) is 14.6. The third-order valence-electron chi connectivity index (χ3n) is 2.23. The van der Waals surface area contributed by atoms with E-state index in [2.05, 4.69) is 15.5 Å². The van der Waals surface area contributed by atoms with E-state index in [1.165, 1.54) is 0 Å². The first-order chi connectivity index (χ1) is 9.46. The van der Waals surface area contributed by atoms with Gasteiger partial charge in [-0.2, -0.15) is 0 Å². The van der Waals surface area contributed by atoms with Crippen LogP contribution < -0.4 is 10.1 Å².